The Morgan fingerprint density at radius 2 is 1.94 bits per heavy atom. The Kier molecular flexibility index (Phi) is 6.02. The van der Waals surface area contributed by atoms with E-state index in [1.165, 1.54) is 0 Å². The van der Waals surface area contributed by atoms with Gasteiger partial charge in [0.2, 0.25) is 5.91 Å². The molecule has 1 fully saturated rings. The number of amides is 2. The lowest BCUT2D eigenvalue weighted by molar-refractivity contribution is -0.121. The third-order valence-electron chi connectivity index (χ3n) is 5.48. The number of aromatic nitrogens is 1. The molecule has 7 nitrogen and oxygen atoms in total. The van der Waals surface area contributed by atoms with Crippen molar-refractivity contribution in [3.05, 3.63) is 66.1 Å². The van der Waals surface area contributed by atoms with Gasteiger partial charge in [-0.25, -0.2) is 0 Å². The molecule has 0 unspecified atom stereocenters. The van der Waals surface area contributed by atoms with Crippen LogP contribution in [0.3, 0.4) is 0 Å². The molecule has 0 bridgehead atoms. The predicted octanol–water partition coefficient (Wildman–Crippen LogP) is 4.15. The number of methoxy groups -OCH3 is 1. The molecule has 1 saturated heterocycles. The second kappa shape index (κ2) is 9.04. The zero-order valence-electron chi connectivity index (χ0n) is 17.6. The van der Waals surface area contributed by atoms with Gasteiger partial charge < -0.3 is 19.5 Å². The number of piperidine rings is 1. The Labute approximate surface area is 181 Å². The minimum absolute atomic E-state index is 0.0806. The van der Waals surface area contributed by atoms with Crippen LogP contribution < -0.4 is 10.1 Å². The normalized spacial score (nSPS) is 16.1. The minimum atomic E-state index is -0.260. The molecule has 1 N–H and O–H groups in total. The number of likely N-dealkylation sites (tertiary alicyclic amines) is 1. The second-order valence-corrected chi connectivity index (χ2v) is 7.71. The van der Waals surface area contributed by atoms with Gasteiger partial charge in [0, 0.05) is 24.8 Å². The maximum absolute atomic E-state index is 12.8. The van der Waals surface area contributed by atoms with Crippen LogP contribution in [-0.2, 0) is 4.79 Å². The van der Waals surface area contributed by atoms with E-state index in [1.807, 2.05) is 48.5 Å². The van der Waals surface area contributed by atoms with Gasteiger partial charge in [-0.2, -0.15) is 0 Å². The summed E-state index contributed by atoms with van der Waals surface area (Å²) in [6.45, 7) is 2.73. The molecule has 0 spiro atoms. The van der Waals surface area contributed by atoms with Crippen LogP contribution in [-0.4, -0.2) is 42.1 Å². The van der Waals surface area contributed by atoms with Crippen LogP contribution >= 0.6 is 0 Å². The number of anilines is 1. The van der Waals surface area contributed by atoms with Crippen molar-refractivity contribution < 1.29 is 18.8 Å². The van der Waals surface area contributed by atoms with E-state index in [9.17, 15) is 9.59 Å². The highest BCUT2D eigenvalue weighted by atomic mass is 16.5. The van der Waals surface area contributed by atoms with Crippen molar-refractivity contribution >= 4 is 17.5 Å². The molecule has 3 aromatic rings. The van der Waals surface area contributed by atoms with Crippen LogP contribution in [0.4, 0.5) is 5.69 Å². The van der Waals surface area contributed by atoms with Crippen LogP contribution in [0.2, 0.25) is 0 Å². The van der Waals surface area contributed by atoms with Crippen molar-refractivity contribution in [2.24, 2.45) is 5.92 Å². The average molecular weight is 419 g/mol. The maximum Gasteiger partial charge on any atom is 0.276 e. The third kappa shape index (κ3) is 4.77. The Hall–Kier alpha value is -3.61. The number of benzene rings is 2. The lowest BCUT2D eigenvalue weighted by Crippen LogP contribution is -2.43. The van der Waals surface area contributed by atoms with Gasteiger partial charge >= 0.3 is 0 Å². The van der Waals surface area contributed by atoms with Crippen molar-refractivity contribution in [3.8, 4) is 16.9 Å². The topological polar surface area (TPSA) is 84.7 Å². The number of carbonyl (C=O) groups is 2. The molecule has 1 aliphatic rings. The van der Waals surface area contributed by atoms with Gasteiger partial charge in [0.15, 0.2) is 5.69 Å². The summed E-state index contributed by atoms with van der Waals surface area (Å²) < 4.78 is 10.3. The molecule has 160 valence electrons. The molecule has 31 heavy (non-hydrogen) atoms. The average Bonchev–Trinajstić information content (AvgIpc) is 3.25. The Balaban J connectivity index is 1.39. The quantitative estimate of drug-likeness (QED) is 0.672. The summed E-state index contributed by atoms with van der Waals surface area (Å²) in [5.41, 5.74) is 3.09. The maximum atomic E-state index is 12.8. The Morgan fingerprint density at radius 1 is 1.13 bits per heavy atom. The van der Waals surface area contributed by atoms with E-state index in [-0.39, 0.29) is 23.4 Å². The van der Waals surface area contributed by atoms with Gasteiger partial charge in [-0.05, 0) is 55.2 Å². The van der Waals surface area contributed by atoms with Gasteiger partial charge in [0.1, 0.15) is 11.5 Å². The molecule has 2 aromatic carbocycles. The van der Waals surface area contributed by atoms with Crippen LogP contribution in [0.15, 0.2) is 59.1 Å². The number of carbonyl (C=O) groups excluding carboxylic acids is 2. The Morgan fingerprint density at radius 3 is 2.65 bits per heavy atom. The summed E-state index contributed by atoms with van der Waals surface area (Å²) in [7, 11) is 1.64. The zero-order valence-corrected chi connectivity index (χ0v) is 17.6. The smallest absolute Gasteiger partial charge is 0.276 e. The largest absolute Gasteiger partial charge is 0.497 e. The number of hydrogen-bond donors (Lipinski definition) is 1. The molecule has 2 amide bonds. The van der Waals surface area contributed by atoms with Gasteiger partial charge in [-0.15, -0.1) is 0 Å². The van der Waals surface area contributed by atoms with E-state index in [4.69, 9.17) is 9.26 Å². The summed E-state index contributed by atoms with van der Waals surface area (Å²) in [4.78, 5) is 27.1. The van der Waals surface area contributed by atoms with Crippen LogP contribution in [0, 0.1) is 12.8 Å². The van der Waals surface area contributed by atoms with Crippen LogP contribution in [0.5, 0.6) is 5.75 Å². The molecule has 0 saturated carbocycles. The van der Waals surface area contributed by atoms with E-state index in [2.05, 4.69) is 10.5 Å². The standard InChI is InChI=1S/C24H25N3O4/c1-16-13-22(26-31-16)24(29)27-12-4-6-19(15-27)23(28)25-20-10-8-17(9-11-20)18-5-3-7-21(14-18)30-2/h3,5,7-11,13-14,19H,4,6,12,15H2,1-2H3,(H,25,28)/t19-/m0/s1. The fourth-order valence-corrected chi connectivity index (χ4v) is 3.80. The van der Waals surface area contributed by atoms with E-state index in [0.29, 0.717) is 18.8 Å². The van der Waals surface area contributed by atoms with Gasteiger partial charge in [0.25, 0.3) is 5.91 Å². The fraction of sp³-hybridized carbons (Fsp3) is 0.292. The first kappa shape index (κ1) is 20.7. The molecule has 0 radical (unpaired) electrons. The molecule has 2 heterocycles. The first-order chi connectivity index (χ1) is 15.0. The van der Waals surface area contributed by atoms with Gasteiger partial charge in [-0.3, -0.25) is 9.59 Å². The third-order valence-corrected chi connectivity index (χ3v) is 5.48. The fourth-order valence-electron chi connectivity index (χ4n) is 3.80. The molecule has 1 atom stereocenters. The lowest BCUT2D eigenvalue weighted by Gasteiger charge is -2.31. The monoisotopic (exact) mass is 419 g/mol. The molecule has 0 aliphatic carbocycles. The summed E-state index contributed by atoms with van der Waals surface area (Å²) >= 11 is 0. The van der Waals surface area contributed by atoms with E-state index < -0.39 is 0 Å². The summed E-state index contributed by atoms with van der Waals surface area (Å²) in [6.07, 6.45) is 1.52. The number of hydrogen-bond acceptors (Lipinski definition) is 5. The van der Waals surface area contributed by atoms with E-state index >= 15 is 0 Å². The Bertz CT molecular complexity index is 1070. The van der Waals surface area contributed by atoms with Crippen molar-refractivity contribution in [2.75, 3.05) is 25.5 Å². The number of aryl methyl sites for hydroxylation is 1. The molecule has 7 heteroatoms. The summed E-state index contributed by atoms with van der Waals surface area (Å²) in [5.74, 6) is 0.850. The molecule has 1 aromatic heterocycles. The SMILES string of the molecule is COc1cccc(-c2ccc(NC(=O)[C@H]3CCCN(C(=O)c4cc(C)on4)C3)cc2)c1. The first-order valence-corrected chi connectivity index (χ1v) is 10.3. The van der Waals surface area contributed by atoms with Crippen LogP contribution in [0.25, 0.3) is 11.1 Å². The van der Waals surface area contributed by atoms with Crippen LogP contribution in [0.1, 0.15) is 29.1 Å². The first-order valence-electron chi connectivity index (χ1n) is 10.3. The van der Waals surface area contributed by atoms with Gasteiger partial charge in [0.05, 0.1) is 13.0 Å². The molecular weight excluding hydrogens is 394 g/mol. The lowest BCUT2D eigenvalue weighted by atomic mass is 9.96. The second-order valence-electron chi connectivity index (χ2n) is 7.71. The van der Waals surface area contributed by atoms with Gasteiger partial charge in [-0.1, -0.05) is 29.4 Å². The molecule has 1 aliphatic heterocycles. The number of ether oxygens (including phenoxy) is 1. The van der Waals surface area contributed by atoms with E-state index in [0.717, 1.165) is 35.4 Å². The minimum Gasteiger partial charge on any atom is -0.497 e. The van der Waals surface area contributed by atoms with E-state index in [1.54, 1.807) is 25.0 Å². The highest BCUT2D eigenvalue weighted by molar-refractivity contribution is 5.95. The highest BCUT2D eigenvalue weighted by Crippen LogP contribution is 2.26. The molecule has 4 rings (SSSR count). The van der Waals surface area contributed by atoms with Crippen molar-refractivity contribution in [1.82, 2.24) is 10.1 Å². The summed E-state index contributed by atoms with van der Waals surface area (Å²) in [5, 5.41) is 6.78. The van der Waals surface area contributed by atoms with Crippen molar-refractivity contribution in [2.45, 2.75) is 19.8 Å². The number of nitrogens with zero attached hydrogens (tertiary/aromatic N) is 2. The predicted molar refractivity (Wildman–Crippen MR) is 117 cm³/mol. The zero-order chi connectivity index (χ0) is 21.8. The van der Waals surface area contributed by atoms with Crippen molar-refractivity contribution in [3.63, 3.8) is 0 Å². The molecular formula is C24H25N3O4. The summed E-state index contributed by atoms with van der Waals surface area (Å²) in [6, 6.07) is 17.2. The van der Waals surface area contributed by atoms with Crippen molar-refractivity contribution in [1.29, 1.82) is 0 Å². The highest BCUT2D eigenvalue weighted by Gasteiger charge is 2.30. The number of nitrogens with one attached hydrogen (secondary N) is 1. The number of rotatable bonds is 5.